The molecule has 5 atom stereocenters. The summed E-state index contributed by atoms with van der Waals surface area (Å²) >= 11 is 0. The van der Waals surface area contributed by atoms with Crippen LogP contribution in [0.3, 0.4) is 0 Å². The fourth-order valence-corrected chi connectivity index (χ4v) is 3.65. The van der Waals surface area contributed by atoms with Gasteiger partial charge in [0.2, 0.25) is 16.3 Å². The van der Waals surface area contributed by atoms with Crippen LogP contribution in [-0.2, 0) is 19.3 Å². The number of rotatable bonds is 7. The Kier molecular flexibility index (Phi) is 6.87. The summed E-state index contributed by atoms with van der Waals surface area (Å²) in [5.41, 5.74) is 0.282. The third-order valence-corrected chi connectivity index (χ3v) is 5.23. The maximum Gasteiger partial charge on any atom is 0.325 e. The van der Waals surface area contributed by atoms with Crippen LogP contribution >= 0.6 is 7.60 Å². The molecule has 1 aromatic carbocycles. The van der Waals surface area contributed by atoms with E-state index in [0.29, 0.717) is 0 Å². The third-order valence-electron chi connectivity index (χ3n) is 3.78. The van der Waals surface area contributed by atoms with E-state index in [0.717, 1.165) is 6.26 Å². The molecule has 0 bridgehead atoms. The highest BCUT2D eigenvalue weighted by Crippen LogP contribution is 2.37. The Labute approximate surface area is 155 Å². The molecule has 0 saturated carbocycles. The van der Waals surface area contributed by atoms with Crippen molar-refractivity contribution in [3.8, 4) is 5.75 Å². The van der Waals surface area contributed by atoms with E-state index in [9.17, 15) is 28.3 Å². The largest absolute Gasteiger partial charge is 0.462 e. The Morgan fingerprint density at radius 1 is 1.11 bits per heavy atom. The van der Waals surface area contributed by atoms with Crippen molar-refractivity contribution in [2.45, 2.75) is 37.1 Å². The van der Waals surface area contributed by atoms with Gasteiger partial charge in [-0.2, -0.15) is 0 Å². The number of hydrogen-bond acceptors (Lipinski definition) is 8. The molecule has 154 valence electrons. The minimum Gasteiger partial charge on any atom is -0.462 e. The minimum absolute atomic E-state index is 0.176. The zero-order chi connectivity index (χ0) is 20.4. The summed E-state index contributed by atoms with van der Waals surface area (Å²) in [6.07, 6.45) is -7.20. The second kappa shape index (κ2) is 8.41. The standard InChI is InChI=1S/C14H22NO10PS/c1-27(22,23)15-8-2-4-9(5-3-8)24-14-13(18)12(17)11(16)10(25-14)6-7-26(19,20)21/h2-5,10-18H,6-7H2,1H3,(H2,19,20,21)/t10-,11-,12+,13+,14+/m1/s1. The summed E-state index contributed by atoms with van der Waals surface area (Å²) in [5.74, 6) is 0.176. The predicted octanol–water partition coefficient (Wildman–Crippen LogP) is -1.19. The number of aliphatic hydroxyl groups is 3. The topological polar surface area (TPSA) is 183 Å². The van der Waals surface area contributed by atoms with Crippen LogP contribution in [0.1, 0.15) is 6.42 Å². The summed E-state index contributed by atoms with van der Waals surface area (Å²) < 4.78 is 46.4. The van der Waals surface area contributed by atoms with Crippen molar-refractivity contribution in [2.75, 3.05) is 17.1 Å². The van der Waals surface area contributed by atoms with E-state index in [-0.39, 0.29) is 17.9 Å². The lowest BCUT2D eigenvalue weighted by atomic mass is 9.97. The Morgan fingerprint density at radius 2 is 1.70 bits per heavy atom. The Morgan fingerprint density at radius 3 is 2.22 bits per heavy atom. The second-order valence-corrected chi connectivity index (χ2v) is 9.73. The predicted molar refractivity (Wildman–Crippen MR) is 93.7 cm³/mol. The Hall–Kier alpha value is -1.24. The van der Waals surface area contributed by atoms with Gasteiger partial charge < -0.3 is 34.6 Å². The zero-order valence-electron chi connectivity index (χ0n) is 14.2. The van der Waals surface area contributed by atoms with Crippen LogP contribution in [0.15, 0.2) is 24.3 Å². The highest BCUT2D eigenvalue weighted by Gasteiger charge is 2.45. The maximum atomic E-state index is 11.2. The van der Waals surface area contributed by atoms with Crippen molar-refractivity contribution in [3.05, 3.63) is 24.3 Å². The first-order chi connectivity index (χ1) is 12.4. The number of anilines is 1. The fourth-order valence-electron chi connectivity index (χ4n) is 2.50. The third kappa shape index (κ3) is 6.70. The summed E-state index contributed by atoms with van der Waals surface area (Å²) in [6.45, 7) is 0. The number of nitrogens with one attached hydrogen (secondary N) is 1. The smallest absolute Gasteiger partial charge is 0.325 e. The van der Waals surface area contributed by atoms with E-state index < -0.39 is 54.5 Å². The van der Waals surface area contributed by atoms with Crippen LogP contribution in [0.25, 0.3) is 0 Å². The lowest BCUT2D eigenvalue weighted by Crippen LogP contribution is -2.59. The van der Waals surface area contributed by atoms with Crippen LogP contribution in [0.4, 0.5) is 5.69 Å². The van der Waals surface area contributed by atoms with Crippen molar-refractivity contribution in [1.82, 2.24) is 0 Å². The molecule has 0 radical (unpaired) electrons. The summed E-state index contributed by atoms with van der Waals surface area (Å²) in [4.78, 5) is 17.9. The molecule has 0 spiro atoms. The molecule has 0 amide bonds. The highest BCUT2D eigenvalue weighted by molar-refractivity contribution is 7.92. The maximum absolute atomic E-state index is 11.2. The van der Waals surface area contributed by atoms with E-state index >= 15 is 0 Å². The van der Waals surface area contributed by atoms with E-state index in [2.05, 4.69) is 4.72 Å². The fraction of sp³-hybridized carbons (Fsp3) is 0.571. The second-order valence-electron chi connectivity index (χ2n) is 6.21. The molecule has 1 fully saturated rings. The minimum atomic E-state index is -4.34. The van der Waals surface area contributed by atoms with Gasteiger partial charge in [-0.15, -0.1) is 0 Å². The van der Waals surface area contributed by atoms with Gasteiger partial charge >= 0.3 is 7.60 Å². The molecule has 0 unspecified atom stereocenters. The van der Waals surface area contributed by atoms with Crippen molar-refractivity contribution in [1.29, 1.82) is 0 Å². The van der Waals surface area contributed by atoms with Gasteiger partial charge in [-0.05, 0) is 30.7 Å². The molecular formula is C14H22NO10PS. The first-order valence-electron chi connectivity index (χ1n) is 7.84. The molecule has 1 heterocycles. The molecular weight excluding hydrogens is 405 g/mol. The SMILES string of the molecule is CS(=O)(=O)Nc1ccc(O[C@H]2O[C@H](CCP(=O)(O)O)[C@@H](O)[C@H](O)[C@@H]2O)cc1. The number of aliphatic hydroxyl groups excluding tert-OH is 3. The van der Waals surface area contributed by atoms with Crippen LogP contribution in [-0.4, -0.2) is 76.6 Å². The number of benzene rings is 1. The Balaban J connectivity index is 2.06. The quantitative estimate of drug-likeness (QED) is 0.289. The van der Waals surface area contributed by atoms with Gasteiger partial charge in [-0.25, -0.2) is 8.42 Å². The molecule has 1 saturated heterocycles. The van der Waals surface area contributed by atoms with Gasteiger partial charge in [0.25, 0.3) is 0 Å². The van der Waals surface area contributed by atoms with Crippen LogP contribution in [0.2, 0.25) is 0 Å². The number of hydrogen-bond donors (Lipinski definition) is 6. The van der Waals surface area contributed by atoms with Crippen molar-refractivity contribution in [2.24, 2.45) is 0 Å². The van der Waals surface area contributed by atoms with Crippen molar-refractivity contribution < 1.29 is 47.6 Å². The molecule has 0 aliphatic carbocycles. The normalized spacial score (nSPS) is 29.3. The van der Waals surface area contributed by atoms with Gasteiger partial charge in [0.1, 0.15) is 24.1 Å². The first-order valence-corrected chi connectivity index (χ1v) is 11.5. The lowest BCUT2D eigenvalue weighted by Gasteiger charge is -2.40. The van der Waals surface area contributed by atoms with Crippen LogP contribution < -0.4 is 9.46 Å². The van der Waals surface area contributed by atoms with Gasteiger partial charge in [0, 0.05) is 5.69 Å². The average Bonchev–Trinajstić information content (AvgIpc) is 2.54. The molecule has 11 nitrogen and oxygen atoms in total. The van der Waals surface area contributed by atoms with E-state index in [1.54, 1.807) is 0 Å². The van der Waals surface area contributed by atoms with Gasteiger partial charge in [-0.1, -0.05) is 0 Å². The molecule has 1 aromatic rings. The molecule has 1 aliphatic rings. The van der Waals surface area contributed by atoms with Crippen molar-refractivity contribution in [3.63, 3.8) is 0 Å². The number of ether oxygens (including phenoxy) is 2. The highest BCUT2D eigenvalue weighted by atomic mass is 32.2. The average molecular weight is 427 g/mol. The van der Waals surface area contributed by atoms with Crippen LogP contribution in [0, 0.1) is 0 Å². The van der Waals surface area contributed by atoms with Gasteiger partial charge in [-0.3, -0.25) is 9.29 Å². The van der Waals surface area contributed by atoms with Crippen molar-refractivity contribution >= 4 is 23.3 Å². The molecule has 0 aromatic heterocycles. The molecule has 2 rings (SSSR count). The molecule has 1 aliphatic heterocycles. The molecule has 27 heavy (non-hydrogen) atoms. The van der Waals surface area contributed by atoms with Gasteiger partial charge in [0.15, 0.2) is 0 Å². The van der Waals surface area contributed by atoms with E-state index in [1.807, 2.05) is 0 Å². The van der Waals surface area contributed by atoms with E-state index in [4.69, 9.17) is 19.3 Å². The Bertz CT molecular complexity index is 780. The zero-order valence-corrected chi connectivity index (χ0v) is 16.0. The summed E-state index contributed by atoms with van der Waals surface area (Å²) in [5, 5.41) is 29.9. The van der Waals surface area contributed by atoms with E-state index in [1.165, 1.54) is 24.3 Å². The summed E-state index contributed by atoms with van der Waals surface area (Å²) in [7, 11) is -7.78. The van der Waals surface area contributed by atoms with Gasteiger partial charge in [0.05, 0.1) is 18.5 Å². The monoisotopic (exact) mass is 427 g/mol. The van der Waals surface area contributed by atoms with Crippen LogP contribution in [0.5, 0.6) is 5.75 Å². The summed E-state index contributed by atoms with van der Waals surface area (Å²) in [6, 6.07) is 5.60. The number of sulfonamides is 1. The lowest BCUT2D eigenvalue weighted by molar-refractivity contribution is -0.272. The molecule has 6 N–H and O–H groups in total. The first kappa shape index (κ1) is 22.1. The molecule has 13 heteroatoms.